The fourth-order valence-corrected chi connectivity index (χ4v) is 3.21. The maximum absolute atomic E-state index is 12.1. The molecule has 0 radical (unpaired) electrons. The third-order valence-corrected chi connectivity index (χ3v) is 4.31. The smallest absolute Gasteiger partial charge is 0.223 e. The van der Waals surface area contributed by atoms with E-state index in [1.54, 1.807) is 0 Å². The van der Waals surface area contributed by atoms with Crippen molar-refractivity contribution >= 4 is 5.91 Å². The van der Waals surface area contributed by atoms with Gasteiger partial charge in [-0.2, -0.15) is 0 Å². The maximum atomic E-state index is 12.1. The summed E-state index contributed by atoms with van der Waals surface area (Å²) >= 11 is 0. The zero-order valence-electron chi connectivity index (χ0n) is 10.4. The molecule has 0 aromatic rings. The largest absolute Gasteiger partial charge is 0.396 e. The summed E-state index contributed by atoms with van der Waals surface area (Å²) < 4.78 is 0. The van der Waals surface area contributed by atoms with Gasteiger partial charge in [-0.1, -0.05) is 12.8 Å². The molecule has 98 valence electrons. The third kappa shape index (κ3) is 3.19. The fourth-order valence-electron chi connectivity index (χ4n) is 3.21. The number of nitrogens with one attached hydrogen (secondary N) is 1. The number of amides is 1. The van der Waals surface area contributed by atoms with Gasteiger partial charge in [0.2, 0.25) is 5.91 Å². The van der Waals surface area contributed by atoms with Crippen LogP contribution in [0, 0.1) is 11.8 Å². The van der Waals surface area contributed by atoms with Gasteiger partial charge in [0.15, 0.2) is 0 Å². The van der Waals surface area contributed by atoms with Crippen molar-refractivity contribution in [1.82, 2.24) is 5.32 Å². The van der Waals surface area contributed by atoms with Crippen molar-refractivity contribution in [3.05, 3.63) is 0 Å². The van der Waals surface area contributed by atoms with E-state index in [-0.39, 0.29) is 36.4 Å². The second-order valence-electron chi connectivity index (χ2n) is 5.61. The predicted octanol–water partition coefficient (Wildman–Crippen LogP) is 0.781. The van der Waals surface area contributed by atoms with Crippen LogP contribution in [0.5, 0.6) is 0 Å². The number of carbonyl (C=O) groups excluding carboxylic acids is 1. The zero-order valence-corrected chi connectivity index (χ0v) is 10.4. The molecule has 2 saturated carbocycles. The number of nitrogens with two attached hydrogens (primary N) is 1. The van der Waals surface area contributed by atoms with Gasteiger partial charge in [-0.05, 0) is 32.1 Å². The number of rotatable bonds is 3. The van der Waals surface area contributed by atoms with Gasteiger partial charge in [0, 0.05) is 30.5 Å². The van der Waals surface area contributed by atoms with Crippen molar-refractivity contribution in [2.75, 3.05) is 6.61 Å². The highest BCUT2D eigenvalue weighted by Gasteiger charge is 2.31. The van der Waals surface area contributed by atoms with E-state index in [2.05, 4.69) is 5.32 Å². The first kappa shape index (κ1) is 12.8. The Kier molecular flexibility index (Phi) is 4.40. The van der Waals surface area contributed by atoms with E-state index < -0.39 is 0 Å². The van der Waals surface area contributed by atoms with Crippen molar-refractivity contribution in [3.8, 4) is 0 Å². The lowest BCUT2D eigenvalue weighted by Crippen LogP contribution is -2.44. The van der Waals surface area contributed by atoms with E-state index in [0.717, 1.165) is 44.9 Å². The third-order valence-electron chi connectivity index (χ3n) is 4.31. The summed E-state index contributed by atoms with van der Waals surface area (Å²) in [4.78, 5) is 12.1. The SMILES string of the molecule is NC1CCCC(C(=O)NC2CCCC2CO)C1. The summed E-state index contributed by atoms with van der Waals surface area (Å²) in [5, 5.41) is 12.3. The highest BCUT2D eigenvalue weighted by atomic mass is 16.3. The number of carbonyl (C=O) groups is 1. The number of aliphatic hydroxyl groups excluding tert-OH is 1. The van der Waals surface area contributed by atoms with Gasteiger partial charge in [-0.3, -0.25) is 4.79 Å². The van der Waals surface area contributed by atoms with Crippen LogP contribution in [0.2, 0.25) is 0 Å². The Hall–Kier alpha value is -0.610. The van der Waals surface area contributed by atoms with Gasteiger partial charge in [0.25, 0.3) is 0 Å². The first-order chi connectivity index (χ1) is 8.20. The van der Waals surface area contributed by atoms with Crippen LogP contribution >= 0.6 is 0 Å². The average molecular weight is 240 g/mol. The zero-order chi connectivity index (χ0) is 12.3. The Morgan fingerprint density at radius 3 is 2.71 bits per heavy atom. The van der Waals surface area contributed by atoms with Gasteiger partial charge >= 0.3 is 0 Å². The average Bonchev–Trinajstić information content (AvgIpc) is 2.76. The van der Waals surface area contributed by atoms with E-state index in [0.29, 0.717) is 0 Å². The highest BCUT2D eigenvalue weighted by Crippen LogP contribution is 2.27. The van der Waals surface area contributed by atoms with E-state index >= 15 is 0 Å². The quantitative estimate of drug-likeness (QED) is 0.682. The standard InChI is InChI=1S/C13H24N2O2/c14-11-5-1-3-9(7-11)13(17)15-12-6-2-4-10(12)8-16/h9-12,16H,1-8,14H2,(H,15,17). The van der Waals surface area contributed by atoms with Crippen molar-refractivity contribution < 1.29 is 9.90 Å². The van der Waals surface area contributed by atoms with Gasteiger partial charge in [0.05, 0.1) is 0 Å². The minimum atomic E-state index is 0.0960. The van der Waals surface area contributed by atoms with Crippen LogP contribution in [0.4, 0.5) is 0 Å². The summed E-state index contributed by atoms with van der Waals surface area (Å²) in [6.45, 7) is 0.190. The molecule has 0 aromatic carbocycles. The van der Waals surface area contributed by atoms with Crippen LogP contribution in [0.3, 0.4) is 0 Å². The normalized spacial score (nSPS) is 38.0. The van der Waals surface area contributed by atoms with Crippen LogP contribution < -0.4 is 11.1 Å². The second-order valence-corrected chi connectivity index (χ2v) is 5.61. The molecule has 2 rings (SSSR count). The van der Waals surface area contributed by atoms with Crippen LogP contribution in [0.25, 0.3) is 0 Å². The molecular weight excluding hydrogens is 216 g/mol. The molecule has 2 fully saturated rings. The minimum absolute atomic E-state index is 0.0960. The summed E-state index contributed by atoms with van der Waals surface area (Å²) in [6, 6.07) is 0.377. The first-order valence-corrected chi connectivity index (χ1v) is 6.87. The molecule has 4 N–H and O–H groups in total. The number of aliphatic hydroxyl groups is 1. The van der Waals surface area contributed by atoms with Crippen molar-refractivity contribution in [2.45, 2.75) is 57.0 Å². The topological polar surface area (TPSA) is 75.4 Å². The molecular formula is C13H24N2O2. The molecule has 0 heterocycles. The maximum Gasteiger partial charge on any atom is 0.223 e. The van der Waals surface area contributed by atoms with Crippen LogP contribution in [-0.4, -0.2) is 29.7 Å². The lowest BCUT2D eigenvalue weighted by molar-refractivity contribution is -0.127. The van der Waals surface area contributed by atoms with Crippen molar-refractivity contribution in [2.24, 2.45) is 17.6 Å². The number of hydrogen-bond donors (Lipinski definition) is 3. The Morgan fingerprint density at radius 1 is 1.24 bits per heavy atom. The van der Waals surface area contributed by atoms with E-state index in [1.807, 2.05) is 0 Å². The van der Waals surface area contributed by atoms with E-state index in [9.17, 15) is 9.90 Å². The van der Waals surface area contributed by atoms with Gasteiger partial charge in [-0.15, -0.1) is 0 Å². The molecule has 0 aromatic heterocycles. The summed E-state index contributed by atoms with van der Waals surface area (Å²) in [5.41, 5.74) is 5.90. The Labute approximate surface area is 103 Å². The molecule has 4 unspecified atom stereocenters. The lowest BCUT2D eigenvalue weighted by Gasteiger charge is -2.28. The van der Waals surface area contributed by atoms with Crippen LogP contribution in [-0.2, 0) is 4.79 Å². The second kappa shape index (κ2) is 5.83. The highest BCUT2D eigenvalue weighted by molar-refractivity contribution is 5.79. The molecule has 0 spiro atoms. The molecule has 1 amide bonds. The lowest BCUT2D eigenvalue weighted by atomic mass is 9.85. The molecule has 4 heteroatoms. The van der Waals surface area contributed by atoms with Crippen LogP contribution in [0.15, 0.2) is 0 Å². The fraction of sp³-hybridized carbons (Fsp3) is 0.923. The Bertz CT molecular complexity index is 270. The Morgan fingerprint density at radius 2 is 2.00 bits per heavy atom. The molecule has 2 aliphatic carbocycles. The monoisotopic (exact) mass is 240 g/mol. The molecule has 17 heavy (non-hydrogen) atoms. The van der Waals surface area contributed by atoms with Gasteiger partial charge in [0.1, 0.15) is 0 Å². The predicted molar refractivity (Wildman–Crippen MR) is 66.3 cm³/mol. The summed E-state index contributed by atoms with van der Waals surface area (Å²) in [7, 11) is 0. The summed E-state index contributed by atoms with van der Waals surface area (Å²) in [6.07, 6.45) is 7.06. The van der Waals surface area contributed by atoms with Crippen LogP contribution in [0.1, 0.15) is 44.9 Å². The minimum Gasteiger partial charge on any atom is -0.396 e. The molecule has 4 nitrogen and oxygen atoms in total. The van der Waals surface area contributed by atoms with Gasteiger partial charge < -0.3 is 16.2 Å². The summed E-state index contributed by atoms with van der Waals surface area (Å²) in [5.74, 6) is 0.514. The van der Waals surface area contributed by atoms with Gasteiger partial charge in [-0.25, -0.2) is 0 Å². The van der Waals surface area contributed by atoms with E-state index in [4.69, 9.17) is 5.73 Å². The molecule has 0 aliphatic heterocycles. The molecule has 0 saturated heterocycles. The van der Waals surface area contributed by atoms with Crippen molar-refractivity contribution in [1.29, 1.82) is 0 Å². The molecule has 4 atom stereocenters. The molecule has 2 aliphatic rings. The van der Waals surface area contributed by atoms with E-state index in [1.165, 1.54) is 0 Å². The molecule has 0 bridgehead atoms. The first-order valence-electron chi connectivity index (χ1n) is 6.87. The van der Waals surface area contributed by atoms with Crippen molar-refractivity contribution in [3.63, 3.8) is 0 Å². The Balaban J connectivity index is 1.83. The number of hydrogen-bond acceptors (Lipinski definition) is 3.